The summed E-state index contributed by atoms with van der Waals surface area (Å²) in [7, 11) is 0. The Labute approximate surface area is 77.8 Å². The molecule has 0 saturated heterocycles. The molecule has 1 aromatic carbocycles. The molecular formula is C11H11NO. The number of nitriles is 1. The lowest BCUT2D eigenvalue weighted by Gasteiger charge is -2.03. The van der Waals surface area contributed by atoms with Gasteiger partial charge in [0, 0.05) is 0 Å². The highest BCUT2D eigenvalue weighted by Crippen LogP contribution is 2.17. The summed E-state index contributed by atoms with van der Waals surface area (Å²) in [5.74, 6) is 0.127. The molecule has 0 bridgehead atoms. The Kier molecular flexibility index (Phi) is 2.71. The zero-order valence-corrected chi connectivity index (χ0v) is 7.54. The minimum atomic E-state index is 0.127. The van der Waals surface area contributed by atoms with Crippen molar-refractivity contribution in [3.05, 3.63) is 41.5 Å². The summed E-state index contributed by atoms with van der Waals surface area (Å²) in [6.45, 7) is 5.69. The summed E-state index contributed by atoms with van der Waals surface area (Å²) in [6, 6.07) is 6.85. The lowest BCUT2D eigenvalue weighted by atomic mass is 10.0. The van der Waals surface area contributed by atoms with Crippen molar-refractivity contribution < 1.29 is 5.11 Å². The molecule has 0 aliphatic heterocycles. The first-order chi connectivity index (χ1) is 6.13. The van der Waals surface area contributed by atoms with Crippen LogP contribution in [-0.4, -0.2) is 5.11 Å². The Morgan fingerprint density at radius 3 is 2.85 bits per heavy atom. The van der Waals surface area contributed by atoms with E-state index in [0.29, 0.717) is 12.0 Å². The molecule has 1 aromatic rings. The second-order valence-electron chi connectivity index (χ2n) is 3.09. The first kappa shape index (κ1) is 9.34. The average Bonchev–Trinajstić information content (AvgIpc) is 2.07. The Balaban J connectivity index is 3.08. The number of nitrogens with zero attached hydrogens (tertiary/aromatic N) is 1. The standard InChI is InChI=1S/C11H11NO/c1-8(2)5-9-3-4-11(13)6-10(9)7-12/h3-4,6,13H,1,5H2,2H3. The average molecular weight is 173 g/mol. The molecular weight excluding hydrogens is 162 g/mol. The number of rotatable bonds is 2. The van der Waals surface area contributed by atoms with Gasteiger partial charge < -0.3 is 5.11 Å². The molecule has 66 valence electrons. The van der Waals surface area contributed by atoms with Gasteiger partial charge in [-0.15, -0.1) is 0 Å². The molecule has 0 heterocycles. The Bertz CT molecular complexity index is 374. The molecule has 13 heavy (non-hydrogen) atoms. The maximum atomic E-state index is 9.13. The van der Waals surface area contributed by atoms with Crippen LogP contribution in [0, 0.1) is 11.3 Å². The number of aromatic hydroxyl groups is 1. The van der Waals surface area contributed by atoms with Crippen molar-refractivity contribution in [2.24, 2.45) is 0 Å². The topological polar surface area (TPSA) is 44.0 Å². The first-order valence-electron chi connectivity index (χ1n) is 4.00. The van der Waals surface area contributed by atoms with E-state index in [0.717, 1.165) is 11.1 Å². The van der Waals surface area contributed by atoms with Crippen LogP contribution < -0.4 is 0 Å². The van der Waals surface area contributed by atoms with Crippen LogP contribution in [0.15, 0.2) is 30.4 Å². The van der Waals surface area contributed by atoms with E-state index < -0.39 is 0 Å². The lowest BCUT2D eigenvalue weighted by molar-refractivity contribution is 0.475. The third kappa shape index (κ3) is 2.34. The number of phenols is 1. The second-order valence-corrected chi connectivity index (χ2v) is 3.09. The summed E-state index contributed by atoms with van der Waals surface area (Å²) in [5, 5.41) is 17.9. The fourth-order valence-corrected chi connectivity index (χ4v) is 1.15. The van der Waals surface area contributed by atoms with Crippen LogP contribution in [0.4, 0.5) is 0 Å². The lowest BCUT2D eigenvalue weighted by Crippen LogP contribution is -1.90. The van der Waals surface area contributed by atoms with E-state index in [2.05, 4.69) is 6.58 Å². The van der Waals surface area contributed by atoms with Gasteiger partial charge in [-0.3, -0.25) is 0 Å². The van der Waals surface area contributed by atoms with Crippen molar-refractivity contribution >= 4 is 0 Å². The van der Waals surface area contributed by atoms with Crippen molar-refractivity contribution in [2.75, 3.05) is 0 Å². The molecule has 2 nitrogen and oxygen atoms in total. The van der Waals surface area contributed by atoms with Gasteiger partial charge in [-0.2, -0.15) is 5.26 Å². The van der Waals surface area contributed by atoms with Gasteiger partial charge in [-0.1, -0.05) is 18.2 Å². The van der Waals surface area contributed by atoms with E-state index in [4.69, 9.17) is 10.4 Å². The quantitative estimate of drug-likeness (QED) is 0.698. The van der Waals surface area contributed by atoms with Crippen LogP contribution >= 0.6 is 0 Å². The van der Waals surface area contributed by atoms with E-state index in [-0.39, 0.29) is 5.75 Å². The van der Waals surface area contributed by atoms with E-state index in [1.165, 1.54) is 6.07 Å². The summed E-state index contributed by atoms with van der Waals surface area (Å²) in [4.78, 5) is 0. The molecule has 0 spiro atoms. The number of hydrogen-bond acceptors (Lipinski definition) is 2. The van der Waals surface area contributed by atoms with Gasteiger partial charge in [-0.05, 0) is 31.0 Å². The van der Waals surface area contributed by atoms with Crippen molar-refractivity contribution in [3.8, 4) is 11.8 Å². The zero-order valence-electron chi connectivity index (χ0n) is 7.54. The van der Waals surface area contributed by atoms with Gasteiger partial charge in [0.25, 0.3) is 0 Å². The van der Waals surface area contributed by atoms with E-state index in [1.54, 1.807) is 12.1 Å². The smallest absolute Gasteiger partial charge is 0.116 e. The normalized spacial score (nSPS) is 9.23. The number of hydrogen-bond donors (Lipinski definition) is 1. The molecule has 1 N–H and O–H groups in total. The summed E-state index contributed by atoms with van der Waals surface area (Å²) < 4.78 is 0. The van der Waals surface area contributed by atoms with Crippen LogP contribution in [0.1, 0.15) is 18.1 Å². The van der Waals surface area contributed by atoms with E-state index >= 15 is 0 Å². The first-order valence-corrected chi connectivity index (χ1v) is 4.00. The molecule has 2 heteroatoms. The molecule has 0 aliphatic rings. The van der Waals surface area contributed by atoms with Gasteiger partial charge in [-0.25, -0.2) is 0 Å². The third-order valence-corrected chi connectivity index (χ3v) is 1.71. The van der Waals surface area contributed by atoms with E-state index in [9.17, 15) is 0 Å². The number of allylic oxidation sites excluding steroid dienone is 1. The Morgan fingerprint density at radius 1 is 1.62 bits per heavy atom. The van der Waals surface area contributed by atoms with Crippen LogP contribution in [0.5, 0.6) is 5.75 Å². The maximum Gasteiger partial charge on any atom is 0.116 e. The molecule has 0 saturated carbocycles. The molecule has 0 atom stereocenters. The predicted octanol–water partition coefficient (Wildman–Crippen LogP) is 2.38. The maximum absolute atomic E-state index is 9.13. The van der Waals surface area contributed by atoms with Gasteiger partial charge in [0.1, 0.15) is 5.75 Å². The third-order valence-electron chi connectivity index (χ3n) is 1.71. The molecule has 1 rings (SSSR count). The highest BCUT2D eigenvalue weighted by molar-refractivity contribution is 5.44. The SMILES string of the molecule is C=C(C)Cc1ccc(O)cc1C#N. The molecule has 0 radical (unpaired) electrons. The van der Waals surface area contributed by atoms with Crippen LogP contribution in [0.3, 0.4) is 0 Å². The molecule has 0 fully saturated rings. The summed E-state index contributed by atoms with van der Waals surface area (Å²) >= 11 is 0. The highest BCUT2D eigenvalue weighted by Gasteiger charge is 2.02. The Hall–Kier alpha value is -1.75. The number of benzene rings is 1. The predicted molar refractivity (Wildman–Crippen MR) is 51.3 cm³/mol. The minimum absolute atomic E-state index is 0.127. The van der Waals surface area contributed by atoms with Crippen LogP contribution in [0.2, 0.25) is 0 Å². The van der Waals surface area contributed by atoms with Crippen molar-refractivity contribution in [1.29, 1.82) is 5.26 Å². The monoisotopic (exact) mass is 173 g/mol. The van der Waals surface area contributed by atoms with Crippen molar-refractivity contribution in [2.45, 2.75) is 13.3 Å². The summed E-state index contributed by atoms with van der Waals surface area (Å²) in [6.07, 6.45) is 0.684. The summed E-state index contributed by atoms with van der Waals surface area (Å²) in [5.41, 5.74) is 2.43. The zero-order chi connectivity index (χ0) is 9.84. The van der Waals surface area contributed by atoms with Gasteiger partial charge in [0.15, 0.2) is 0 Å². The fourth-order valence-electron chi connectivity index (χ4n) is 1.15. The van der Waals surface area contributed by atoms with Crippen molar-refractivity contribution in [3.63, 3.8) is 0 Å². The minimum Gasteiger partial charge on any atom is -0.508 e. The van der Waals surface area contributed by atoms with Crippen molar-refractivity contribution in [1.82, 2.24) is 0 Å². The second kappa shape index (κ2) is 3.77. The molecule has 0 unspecified atom stereocenters. The number of phenolic OH excluding ortho intramolecular Hbond substituents is 1. The van der Waals surface area contributed by atoms with E-state index in [1.807, 2.05) is 13.0 Å². The van der Waals surface area contributed by atoms with Crippen LogP contribution in [-0.2, 0) is 6.42 Å². The Morgan fingerprint density at radius 2 is 2.31 bits per heavy atom. The van der Waals surface area contributed by atoms with Gasteiger partial charge in [0.2, 0.25) is 0 Å². The van der Waals surface area contributed by atoms with Crippen LogP contribution in [0.25, 0.3) is 0 Å². The van der Waals surface area contributed by atoms with Gasteiger partial charge >= 0.3 is 0 Å². The molecule has 0 aliphatic carbocycles. The van der Waals surface area contributed by atoms with Gasteiger partial charge in [0.05, 0.1) is 11.6 Å². The largest absolute Gasteiger partial charge is 0.508 e. The molecule has 0 amide bonds. The fraction of sp³-hybridized carbons (Fsp3) is 0.182. The molecule has 0 aromatic heterocycles. The highest BCUT2D eigenvalue weighted by atomic mass is 16.3.